The number of hydrogen-bond donors (Lipinski definition) is 1. The summed E-state index contributed by atoms with van der Waals surface area (Å²) in [5, 5.41) is 11.6. The van der Waals surface area contributed by atoms with Crippen LogP contribution in [0, 0.1) is 24.1 Å². The number of pyridine rings is 1. The van der Waals surface area contributed by atoms with Gasteiger partial charge in [-0.2, -0.15) is 5.26 Å². The molecule has 1 aromatic heterocycles. The lowest BCUT2D eigenvalue weighted by atomic mass is 10.1. The van der Waals surface area contributed by atoms with Gasteiger partial charge in [-0.3, -0.25) is 4.79 Å². The third kappa shape index (κ3) is 2.75. The van der Waals surface area contributed by atoms with Gasteiger partial charge in [-0.15, -0.1) is 0 Å². The predicted molar refractivity (Wildman–Crippen MR) is 68.0 cm³/mol. The Morgan fingerprint density at radius 2 is 2.16 bits per heavy atom. The van der Waals surface area contributed by atoms with Gasteiger partial charge in [0.1, 0.15) is 17.6 Å². The molecule has 1 aromatic carbocycles. The summed E-state index contributed by atoms with van der Waals surface area (Å²) in [5.41, 5.74) is 1.68. The predicted octanol–water partition coefficient (Wildman–Crippen LogP) is 2.65. The van der Waals surface area contributed by atoms with E-state index < -0.39 is 11.7 Å². The number of benzene rings is 1. The van der Waals surface area contributed by atoms with Crippen LogP contribution in [0.5, 0.6) is 0 Å². The number of rotatable bonds is 2. The molecule has 1 amide bonds. The normalized spacial score (nSPS) is 9.74. The minimum atomic E-state index is -0.509. The zero-order chi connectivity index (χ0) is 13.8. The van der Waals surface area contributed by atoms with Crippen LogP contribution >= 0.6 is 0 Å². The summed E-state index contributed by atoms with van der Waals surface area (Å²) in [6.07, 6.45) is 0.969. The molecule has 1 N–H and O–H groups in total. The van der Waals surface area contributed by atoms with E-state index in [0.29, 0.717) is 11.3 Å². The lowest BCUT2D eigenvalue weighted by molar-refractivity contribution is 0.102. The summed E-state index contributed by atoms with van der Waals surface area (Å²) in [4.78, 5) is 15.6. The molecule has 2 rings (SSSR count). The number of amides is 1. The van der Waals surface area contributed by atoms with Gasteiger partial charge in [0.25, 0.3) is 5.91 Å². The fourth-order valence-corrected chi connectivity index (χ4v) is 1.62. The van der Waals surface area contributed by atoms with Gasteiger partial charge in [0.05, 0.1) is 17.4 Å². The average molecular weight is 255 g/mol. The first-order valence-electron chi connectivity index (χ1n) is 5.54. The van der Waals surface area contributed by atoms with Crippen LogP contribution in [0.15, 0.2) is 36.5 Å². The van der Waals surface area contributed by atoms with Gasteiger partial charge in [0, 0.05) is 0 Å². The maximum absolute atomic E-state index is 12.7. The average Bonchev–Trinajstić information content (AvgIpc) is 2.39. The van der Waals surface area contributed by atoms with Crippen molar-refractivity contribution in [3.63, 3.8) is 0 Å². The molecule has 0 unspecified atom stereocenters. The van der Waals surface area contributed by atoms with Crippen molar-refractivity contribution in [2.24, 2.45) is 0 Å². The van der Waals surface area contributed by atoms with Crippen LogP contribution in [0.2, 0.25) is 0 Å². The lowest BCUT2D eigenvalue weighted by Gasteiger charge is -2.08. The molecule has 0 saturated carbocycles. The number of aryl methyl sites for hydroxylation is 1. The van der Waals surface area contributed by atoms with E-state index in [0.717, 1.165) is 17.8 Å². The first-order chi connectivity index (χ1) is 9.11. The van der Waals surface area contributed by atoms with Crippen LogP contribution in [0.25, 0.3) is 0 Å². The van der Waals surface area contributed by atoms with Crippen LogP contribution in [-0.4, -0.2) is 10.9 Å². The highest BCUT2D eigenvalue weighted by molar-refractivity contribution is 6.03. The number of carbonyl (C=O) groups excluding carboxylic acids is 1. The van der Waals surface area contributed by atoms with Gasteiger partial charge in [0.2, 0.25) is 0 Å². The van der Waals surface area contributed by atoms with Crippen molar-refractivity contribution in [3.8, 4) is 6.07 Å². The Bertz CT molecular complexity index is 659. The molecule has 0 aliphatic rings. The number of hydrogen-bond acceptors (Lipinski definition) is 3. The van der Waals surface area contributed by atoms with E-state index in [1.54, 1.807) is 25.1 Å². The maximum Gasteiger partial charge on any atom is 0.274 e. The molecule has 0 saturated heterocycles. The standard InChI is InChI=1S/C14H10FN3O/c1-9-3-2-4-12(11(9)7-16)18-14(19)13-6-5-10(15)8-17-13/h2-6,8H,1H3,(H,18,19). The molecular weight excluding hydrogens is 245 g/mol. The quantitative estimate of drug-likeness (QED) is 0.897. The number of carbonyl (C=O) groups is 1. The summed E-state index contributed by atoms with van der Waals surface area (Å²) in [6.45, 7) is 1.78. The largest absolute Gasteiger partial charge is 0.319 e. The fraction of sp³-hybridized carbons (Fsp3) is 0.0714. The van der Waals surface area contributed by atoms with Gasteiger partial charge >= 0.3 is 0 Å². The van der Waals surface area contributed by atoms with Gasteiger partial charge in [-0.05, 0) is 30.7 Å². The van der Waals surface area contributed by atoms with E-state index in [1.165, 1.54) is 6.07 Å². The number of halogens is 1. The Morgan fingerprint density at radius 3 is 2.79 bits per heavy atom. The zero-order valence-corrected chi connectivity index (χ0v) is 10.1. The molecule has 94 valence electrons. The Hall–Kier alpha value is -2.74. The van der Waals surface area contributed by atoms with E-state index in [9.17, 15) is 9.18 Å². The minimum Gasteiger partial charge on any atom is -0.319 e. The smallest absolute Gasteiger partial charge is 0.274 e. The Kier molecular flexibility index (Phi) is 3.53. The molecule has 0 radical (unpaired) electrons. The van der Waals surface area contributed by atoms with Gasteiger partial charge in [-0.1, -0.05) is 12.1 Å². The van der Waals surface area contributed by atoms with Crippen LogP contribution < -0.4 is 5.32 Å². The molecule has 19 heavy (non-hydrogen) atoms. The second-order valence-electron chi connectivity index (χ2n) is 3.93. The molecule has 4 nitrogen and oxygen atoms in total. The number of nitrogens with zero attached hydrogens (tertiary/aromatic N) is 2. The van der Waals surface area contributed by atoms with Crippen molar-refractivity contribution >= 4 is 11.6 Å². The Balaban J connectivity index is 2.27. The molecule has 1 heterocycles. The van der Waals surface area contributed by atoms with Crippen LogP contribution in [-0.2, 0) is 0 Å². The molecule has 2 aromatic rings. The maximum atomic E-state index is 12.7. The van der Waals surface area contributed by atoms with Gasteiger partial charge < -0.3 is 5.32 Å². The summed E-state index contributed by atoms with van der Waals surface area (Å²) in [7, 11) is 0. The molecule has 0 spiro atoms. The number of aromatic nitrogens is 1. The van der Waals surface area contributed by atoms with Crippen molar-refractivity contribution in [3.05, 3.63) is 59.2 Å². The molecule has 0 bridgehead atoms. The highest BCUT2D eigenvalue weighted by Gasteiger charge is 2.11. The topological polar surface area (TPSA) is 65.8 Å². The van der Waals surface area contributed by atoms with E-state index in [1.807, 2.05) is 6.07 Å². The third-order valence-corrected chi connectivity index (χ3v) is 2.59. The first kappa shape index (κ1) is 12.7. The van der Waals surface area contributed by atoms with Crippen LogP contribution in [0.1, 0.15) is 21.6 Å². The van der Waals surface area contributed by atoms with Crippen molar-refractivity contribution in [1.29, 1.82) is 5.26 Å². The second-order valence-corrected chi connectivity index (χ2v) is 3.93. The molecular formula is C14H10FN3O. The van der Waals surface area contributed by atoms with Gasteiger partial charge in [0.15, 0.2) is 0 Å². The SMILES string of the molecule is Cc1cccc(NC(=O)c2ccc(F)cn2)c1C#N. The van der Waals surface area contributed by atoms with Crippen LogP contribution in [0.4, 0.5) is 10.1 Å². The van der Waals surface area contributed by atoms with Crippen molar-refractivity contribution in [2.45, 2.75) is 6.92 Å². The monoisotopic (exact) mass is 255 g/mol. The fourth-order valence-electron chi connectivity index (χ4n) is 1.62. The molecule has 0 aliphatic heterocycles. The number of nitriles is 1. The number of nitrogens with one attached hydrogen (secondary N) is 1. The first-order valence-corrected chi connectivity index (χ1v) is 5.54. The highest BCUT2D eigenvalue weighted by Crippen LogP contribution is 2.18. The molecule has 0 aliphatic carbocycles. The van der Waals surface area contributed by atoms with E-state index in [2.05, 4.69) is 10.3 Å². The summed E-state index contributed by atoms with van der Waals surface area (Å²) in [5.74, 6) is -0.994. The van der Waals surface area contributed by atoms with Gasteiger partial charge in [-0.25, -0.2) is 9.37 Å². The van der Waals surface area contributed by atoms with Crippen molar-refractivity contribution in [2.75, 3.05) is 5.32 Å². The van der Waals surface area contributed by atoms with Crippen molar-refractivity contribution < 1.29 is 9.18 Å². The highest BCUT2D eigenvalue weighted by atomic mass is 19.1. The van der Waals surface area contributed by atoms with Crippen LogP contribution in [0.3, 0.4) is 0 Å². The Labute approximate surface area is 109 Å². The van der Waals surface area contributed by atoms with E-state index in [4.69, 9.17) is 5.26 Å². The lowest BCUT2D eigenvalue weighted by Crippen LogP contribution is -2.14. The zero-order valence-electron chi connectivity index (χ0n) is 10.1. The molecule has 5 heteroatoms. The summed E-state index contributed by atoms with van der Waals surface area (Å²) in [6, 6.07) is 9.63. The minimum absolute atomic E-state index is 0.0896. The van der Waals surface area contributed by atoms with E-state index in [-0.39, 0.29) is 5.69 Å². The second kappa shape index (κ2) is 5.27. The third-order valence-electron chi connectivity index (χ3n) is 2.59. The summed E-state index contributed by atoms with van der Waals surface area (Å²) < 4.78 is 12.7. The number of anilines is 1. The molecule has 0 atom stereocenters. The Morgan fingerprint density at radius 1 is 1.37 bits per heavy atom. The van der Waals surface area contributed by atoms with E-state index >= 15 is 0 Å². The van der Waals surface area contributed by atoms with Crippen molar-refractivity contribution in [1.82, 2.24) is 4.98 Å². The summed E-state index contributed by atoms with van der Waals surface area (Å²) >= 11 is 0. The molecule has 0 fully saturated rings.